The lowest BCUT2D eigenvalue weighted by Crippen LogP contribution is -2.29. The molecule has 2 aromatic carbocycles. The van der Waals surface area contributed by atoms with Crippen LogP contribution in [0.4, 0.5) is 11.4 Å². The molecule has 3 heterocycles. The Balaban J connectivity index is 1.64. The van der Waals surface area contributed by atoms with E-state index in [2.05, 4.69) is 72.1 Å². The number of aromatic nitrogens is 2. The van der Waals surface area contributed by atoms with Crippen molar-refractivity contribution in [3.05, 3.63) is 106 Å². The molecule has 8 heteroatoms. The van der Waals surface area contributed by atoms with Gasteiger partial charge in [0.05, 0.1) is 28.5 Å². The number of anilines is 2. The maximum atomic E-state index is 12.3. The third-order valence-electron chi connectivity index (χ3n) is 7.51. The lowest BCUT2D eigenvalue weighted by molar-refractivity contribution is -0.118. The minimum Gasteiger partial charge on any atom is -0.351 e. The first-order chi connectivity index (χ1) is 19.1. The fraction of sp³-hybridized carbons (Fsp3) is 0.281. The Kier molecular flexibility index (Phi) is 7.71. The molecule has 0 bridgehead atoms. The summed E-state index contributed by atoms with van der Waals surface area (Å²) in [7, 11) is 0. The number of nitrogens with one attached hydrogen (secondary N) is 2. The molecule has 1 aliphatic heterocycles. The number of pyridine rings is 1. The van der Waals surface area contributed by atoms with E-state index in [9.17, 15) is 4.79 Å². The number of nitrogens with zero attached hydrogens (tertiary/aromatic N) is 3. The summed E-state index contributed by atoms with van der Waals surface area (Å²) in [5.74, 6) is -0.234. The first kappa shape index (κ1) is 27.9. The molecule has 1 fully saturated rings. The van der Waals surface area contributed by atoms with E-state index in [0.29, 0.717) is 15.8 Å². The number of hydrogen-bond donors (Lipinski definition) is 2. The standard InChI is InChI=1S/C32H34ClN5OS/c1-18(2)31(39)35-26-13-12-23(17-25(26)33)38-30(29(36-32(38)40)27-9-7-8-14-34-27)24-16-21(5)37(22(24)6)28-15-19(3)10-11-20(28)4/h7-18,29-30H,1-6H3,(H,35,39)(H,36,40)/t29-,30+/m0/s1. The van der Waals surface area contributed by atoms with Crippen molar-refractivity contribution < 1.29 is 4.79 Å². The Hall–Kier alpha value is -3.68. The predicted octanol–water partition coefficient (Wildman–Crippen LogP) is 7.53. The van der Waals surface area contributed by atoms with Crippen molar-refractivity contribution in [3.63, 3.8) is 0 Å². The predicted molar refractivity (Wildman–Crippen MR) is 168 cm³/mol. The molecule has 2 atom stereocenters. The summed E-state index contributed by atoms with van der Waals surface area (Å²) in [6, 6.07) is 20.0. The number of benzene rings is 2. The van der Waals surface area contributed by atoms with Gasteiger partial charge in [-0.25, -0.2) is 0 Å². The van der Waals surface area contributed by atoms with E-state index in [1.807, 2.05) is 56.4 Å². The zero-order valence-electron chi connectivity index (χ0n) is 23.6. The van der Waals surface area contributed by atoms with Crippen molar-refractivity contribution in [2.24, 2.45) is 5.92 Å². The van der Waals surface area contributed by atoms with Crippen LogP contribution in [-0.2, 0) is 4.79 Å². The SMILES string of the molecule is Cc1ccc(C)c(-n2c(C)cc([C@@H]3[C@H](c4ccccn4)NC(=S)N3c3ccc(NC(=O)C(C)C)c(Cl)c3)c2C)c1. The molecule has 40 heavy (non-hydrogen) atoms. The number of hydrogen-bond acceptors (Lipinski definition) is 3. The van der Waals surface area contributed by atoms with Crippen molar-refractivity contribution in [2.75, 3.05) is 10.2 Å². The van der Waals surface area contributed by atoms with Gasteiger partial charge < -0.3 is 20.1 Å². The molecular formula is C32H34ClN5OS. The van der Waals surface area contributed by atoms with E-state index < -0.39 is 0 Å². The highest BCUT2D eigenvalue weighted by molar-refractivity contribution is 7.80. The second-order valence-corrected chi connectivity index (χ2v) is 11.6. The molecule has 5 rings (SSSR count). The second kappa shape index (κ2) is 11.1. The lowest BCUT2D eigenvalue weighted by atomic mass is 9.96. The Morgan fingerprint density at radius 2 is 1.82 bits per heavy atom. The molecule has 2 aromatic heterocycles. The number of amides is 1. The van der Waals surface area contributed by atoms with E-state index in [0.717, 1.165) is 28.3 Å². The summed E-state index contributed by atoms with van der Waals surface area (Å²) in [6.45, 7) is 12.3. The van der Waals surface area contributed by atoms with Crippen molar-refractivity contribution >= 4 is 46.2 Å². The molecule has 0 unspecified atom stereocenters. The summed E-state index contributed by atoms with van der Waals surface area (Å²) in [4.78, 5) is 19.1. The third-order valence-corrected chi connectivity index (χ3v) is 8.13. The lowest BCUT2D eigenvalue weighted by Gasteiger charge is -2.28. The highest BCUT2D eigenvalue weighted by Gasteiger charge is 2.42. The van der Waals surface area contributed by atoms with Crippen LogP contribution >= 0.6 is 23.8 Å². The van der Waals surface area contributed by atoms with Crippen LogP contribution in [0, 0.1) is 33.6 Å². The van der Waals surface area contributed by atoms with Gasteiger partial charge in [0.1, 0.15) is 0 Å². The molecule has 0 aliphatic carbocycles. The molecule has 1 saturated heterocycles. The molecule has 2 N–H and O–H groups in total. The summed E-state index contributed by atoms with van der Waals surface area (Å²) >= 11 is 12.6. The summed E-state index contributed by atoms with van der Waals surface area (Å²) in [5, 5.41) is 7.49. The number of rotatable bonds is 6. The monoisotopic (exact) mass is 571 g/mol. The number of carbonyl (C=O) groups excluding carboxylic acids is 1. The fourth-order valence-corrected chi connectivity index (χ4v) is 5.97. The molecule has 0 spiro atoms. The Labute approximate surface area is 246 Å². The van der Waals surface area contributed by atoms with Gasteiger partial charge in [-0.2, -0.15) is 0 Å². The minimum absolute atomic E-state index is 0.0833. The largest absolute Gasteiger partial charge is 0.351 e. The molecule has 206 valence electrons. The van der Waals surface area contributed by atoms with Crippen LogP contribution in [0.15, 0.2) is 66.9 Å². The molecule has 6 nitrogen and oxygen atoms in total. The van der Waals surface area contributed by atoms with Crippen molar-refractivity contribution in [1.29, 1.82) is 0 Å². The average Bonchev–Trinajstić information content (AvgIpc) is 3.41. The maximum absolute atomic E-state index is 12.3. The molecule has 4 aromatic rings. The van der Waals surface area contributed by atoms with Crippen molar-refractivity contribution in [1.82, 2.24) is 14.9 Å². The van der Waals surface area contributed by atoms with E-state index in [4.69, 9.17) is 28.8 Å². The van der Waals surface area contributed by atoms with Gasteiger partial charge in [-0.1, -0.05) is 43.6 Å². The topological polar surface area (TPSA) is 62.2 Å². The quantitative estimate of drug-likeness (QED) is 0.234. The summed E-state index contributed by atoms with van der Waals surface area (Å²) in [6.07, 6.45) is 1.81. The van der Waals surface area contributed by atoms with Crippen molar-refractivity contribution in [3.8, 4) is 5.69 Å². The van der Waals surface area contributed by atoms with Gasteiger partial charge in [-0.05, 0) is 99.1 Å². The number of aryl methyl sites for hydroxylation is 3. The van der Waals surface area contributed by atoms with Gasteiger partial charge in [-0.15, -0.1) is 0 Å². The third kappa shape index (κ3) is 5.11. The van der Waals surface area contributed by atoms with Crippen LogP contribution < -0.4 is 15.5 Å². The van der Waals surface area contributed by atoms with Gasteiger partial charge in [0.2, 0.25) is 5.91 Å². The molecule has 0 saturated carbocycles. The average molecular weight is 572 g/mol. The number of halogens is 1. The smallest absolute Gasteiger partial charge is 0.226 e. The van der Waals surface area contributed by atoms with Gasteiger partial charge in [0, 0.05) is 34.9 Å². The normalized spacial score (nSPS) is 16.9. The zero-order valence-corrected chi connectivity index (χ0v) is 25.2. The number of thiocarbonyl (C=S) groups is 1. The minimum atomic E-state index is -0.181. The first-order valence-corrected chi connectivity index (χ1v) is 14.2. The van der Waals surface area contributed by atoms with E-state index in [-0.39, 0.29) is 23.9 Å². The van der Waals surface area contributed by atoms with Gasteiger partial charge in [0.25, 0.3) is 0 Å². The van der Waals surface area contributed by atoms with Gasteiger partial charge in [-0.3, -0.25) is 9.78 Å². The molecular weight excluding hydrogens is 538 g/mol. The maximum Gasteiger partial charge on any atom is 0.226 e. The Bertz CT molecular complexity index is 1600. The van der Waals surface area contributed by atoms with Crippen LogP contribution in [0.5, 0.6) is 0 Å². The van der Waals surface area contributed by atoms with Crippen LogP contribution in [0.3, 0.4) is 0 Å². The second-order valence-electron chi connectivity index (χ2n) is 10.8. The first-order valence-electron chi connectivity index (χ1n) is 13.4. The summed E-state index contributed by atoms with van der Waals surface area (Å²) < 4.78 is 2.32. The van der Waals surface area contributed by atoms with Gasteiger partial charge in [0.15, 0.2) is 5.11 Å². The van der Waals surface area contributed by atoms with E-state index in [1.54, 1.807) is 0 Å². The van der Waals surface area contributed by atoms with Crippen LogP contribution in [0.25, 0.3) is 5.69 Å². The highest BCUT2D eigenvalue weighted by Crippen LogP contribution is 2.45. The molecule has 1 amide bonds. The van der Waals surface area contributed by atoms with Crippen LogP contribution in [0.2, 0.25) is 5.02 Å². The zero-order chi connectivity index (χ0) is 28.7. The van der Waals surface area contributed by atoms with Crippen LogP contribution in [0.1, 0.15) is 59.7 Å². The Morgan fingerprint density at radius 1 is 1.05 bits per heavy atom. The highest BCUT2D eigenvalue weighted by atomic mass is 35.5. The Morgan fingerprint density at radius 3 is 2.50 bits per heavy atom. The summed E-state index contributed by atoms with van der Waals surface area (Å²) in [5.41, 5.74) is 9.34. The van der Waals surface area contributed by atoms with Gasteiger partial charge >= 0.3 is 0 Å². The van der Waals surface area contributed by atoms with E-state index >= 15 is 0 Å². The van der Waals surface area contributed by atoms with E-state index in [1.165, 1.54) is 16.8 Å². The molecule has 0 radical (unpaired) electrons. The molecule has 1 aliphatic rings. The van der Waals surface area contributed by atoms with Crippen molar-refractivity contribution in [2.45, 2.75) is 53.6 Å². The number of carbonyl (C=O) groups is 1. The fourth-order valence-electron chi connectivity index (χ4n) is 5.40. The van der Waals surface area contributed by atoms with Crippen LogP contribution in [-0.4, -0.2) is 20.6 Å².